The number of esters is 1. The van der Waals surface area contributed by atoms with E-state index < -0.39 is 16.0 Å². The first-order chi connectivity index (χ1) is 15.7. The van der Waals surface area contributed by atoms with Gasteiger partial charge in [0.25, 0.3) is 5.89 Å². The van der Waals surface area contributed by atoms with Gasteiger partial charge in [0.2, 0.25) is 15.9 Å². The Balaban J connectivity index is 1.48. The summed E-state index contributed by atoms with van der Waals surface area (Å²) in [6.07, 6.45) is -0.517. The molecule has 1 saturated heterocycles. The van der Waals surface area contributed by atoms with Crippen LogP contribution in [0.4, 0.5) is 0 Å². The third-order valence-electron chi connectivity index (χ3n) is 4.99. The number of carbonyl (C=O) groups is 1. The maximum atomic E-state index is 13.2. The molecular formula is C22H22ClN3O6S. The largest absolute Gasteiger partial charge is 0.452 e. The quantitative estimate of drug-likeness (QED) is 0.481. The number of sulfonamides is 1. The van der Waals surface area contributed by atoms with Gasteiger partial charge in [0.15, 0.2) is 6.61 Å². The van der Waals surface area contributed by atoms with Gasteiger partial charge in [-0.3, -0.25) is 0 Å². The smallest absolute Gasteiger partial charge is 0.338 e. The lowest BCUT2D eigenvalue weighted by molar-refractivity contribution is -0.0440. The predicted octanol–water partition coefficient (Wildman–Crippen LogP) is 3.54. The Morgan fingerprint density at radius 3 is 2.52 bits per heavy atom. The number of hydrogen-bond acceptors (Lipinski definition) is 8. The number of benzene rings is 2. The number of carbonyl (C=O) groups excluding carboxylic acids is 1. The Hall–Kier alpha value is -2.79. The van der Waals surface area contributed by atoms with E-state index in [1.807, 2.05) is 30.3 Å². The number of morpholine rings is 1. The predicted molar refractivity (Wildman–Crippen MR) is 119 cm³/mol. The lowest BCUT2D eigenvalue weighted by Crippen LogP contribution is -2.48. The van der Waals surface area contributed by atoms with Crippen LogP contribution in [0.3, 0.4) is 0 Å². The van der Waals surface area contributed by atoms with Gasteiger partial charge in [-0.05, 0) is 44.2 Å². The van der Waals surface area contributed by atoms with E-state index in [0.717, 1.165) is 5.56 Å². The number of rotatable bonds is 6. The summed E-state index contributed by atoms with van der Waals surface area (Å²) in [7, 11) is -3.94. The van der Waals surface area contributed by atoms with Crippen LogP contribution in [0.2, 0.25) is 5.02 Å². The van der Waals surface area contributed by atoms with Crippen LogP contribution in [0.1, 0.15) is 30.1 Å². The van der Waals surface area contributed by atoms with Crippen LogP contribution in [-0.4, -0.2) is 54.2 Å². The Bertz CT molecular complexity index is 1240. The molecule has 1 aliphatic heterocycles. The van der Waals surface area contributed by atoms with E-state index in [1.54, 1.807) is 13.8 Å². The van der Waals surface area contributed by atoms with Gasteiger partial charge >= 0.3 is 5.97 Å². The molecule has 1 aliphatic rings. The second-order valence-electron chi connectivity index (χ2n) is 7.67. The zero-order chi connectivity index (χ0) is 23.6. The lowest BCUT2D eigenvalue weighted by Gasteiger charge is -2.34. The molecule has 3 aromatic rings. The zero-order valence-corrected chi connectivity index (χ0v) is 19.5. The molecule has 0 bridgehead atoms. The second-order valence-corrected chi connectivity index (χ2v) is 9.98. The van der Waals surface area contributed by atoms with E-state index in [1.165, 1.54) is 22.5 Å². The average molecular weight is 492 g/mol. The van der Waals surface area contributed by atoms with Crippen molar-refractivity contribution in [2.75, 3.05) is 13.1 Å². The highest BCUT2D eigenvalue weighted by Crippen LogP contribution is 2.28. The fourth-order valence-corrected chi connectivity index (χ4v) is 5.60. The molecule has 1 aromatic heterocycles. The fraction of sp³-hybridized carbons (Fsp3) is 0.318. The molecule has 0 saturated carbocycles. The number of ether oxygens (including phenoxy) is 2. The molecule has 0 aliphatic carbocycles. The average Bonchev–Trinajstić information content (AvgIpc) is 3.27. The van der Waals surface area contributed by atoms with Crippen LogP contribution in [-0.2, 0) is 26.1 Å². The molecule has 9 nitrogen and oxygen atoms in total. The minimum absolute atomic E-state index is 0.0164. The molecule has 2 atom stereocenters. The molecule has 1 fully saturated rings. The van der Waals surface area contributed by atoms with E-state index in [2.05, 4.69) is 10.2 Å². The van der Waals surface area contributed by atoms with Gasteiger partial charge in [-0.15, -0.1) is 10.2 Å². The first-order valence-corrected chi connectivity index (χ1v) is 12.1. The Kier molecular flexibility index (Phi) is 6.80. The fourth-order valence-electron chi connectivity index (χ4n) is 3.51. The summed E-state index contributed by atoms with van der Waals surface area (Å²) in [5.41, 5.74) is 0.775. The van der Waals surface area contributed by atoms with Crippen molar-refractivity contribution >= 4 is 27.6 Å². The highest BCUT2D eigenvalue weighted by Gasteiger charge is 2.34. The molecular weight excluding hydrogens is 470 g/mol. The van der Waals surface area contributed by atoms with E-state index in [4.69, 9.17) is 25.5 Å². The van der Waals surface area contributed by atoms with Crippen molar-refractivity contribution in [2.45, 2.75) is 37.6 Å². The summed E-state index contributed by atoms with van der Waals surface area (Å²) in [5.74, 6) is -0.331. The molecule has 2 heterocycles. The standard InChI is InChI=1S/C22H22ClN3O6S/c1-14-11-26(12-15(2)31-14)33(28,29)19-10-17(8-9-18(19)23)22(27)30-13-20-24-25-21(32-20)16-6-4-3-5-7-16/h3-10,14-15H,11-13H2,1-2H3/t14-,15-/m1/s1. The van der Waals surface area contributed by atoms with Crippen molar-refractivity contribution in [1.29, 1.82) is 0 Å². The summed E-state index contributed by atoms with van der Waals surface area (Å²) < 4.78 is 44.1. The van der Waals surface area contributed by atoms with Crippen LogP contribution in [0, 0.1) is 0 Å². The van der Waals surface area contributed by atoms with Gasteiger partial charge in [0.1, 0.15) is 4.90 Å². The van der Waals surface area contributed by atoms with Gasteiger partial charge in [0, 0.05) is 18.7 Å². The van der Waals surface area contributed by atoms with E-state index in [9.17, 15) is 13.2 Å². The highest BCUT2D eigenvalue weighted by molar-refractivity contribution is 7.89. The summed E-state index contributed by atoms with van der Waals surface area (Å²) in [5, 5.41) is 7.83. The van der Waals surface area contributed by atoms with Crippen LogP contribution >= 0.6 is 11.6 Å². The monoisotopic (exact) mass is 491 g/mol. The molecule has 33 heavy (non-hydrogen) atoms. The maximum absolute atomic E-state index is 13.2. The summed E-state index contributed by atoms with van der Waals surface area (Å²) in [6.45, 7) is 3.72. The first kappa shape index (κ1) is 23.4. The minimum atomic E-state index is -3.94. The number of nitrogens with zero attached hydrogens (tertiary/aromatic N) is 3. The topological polar surface area (TPSA) is 112 Å². The highest BCUT2D eigenvalue weighted by atomic mass is 35.5. The molecule has 0 radical (unpaired) electrons. The second kappa shape index (κ2) is 9.60. The van der Waals surface area contributed by atoms with Crippen molar-refractivity contribution in [1.82, 2.24) is 14.5 Å². The number of halogens is 1. The van der Waals surface area contributed by atoms with Crippen molar-refractivity contribution < 1.29 is 27.1 Å². The number of hydrogen-bond donors (Lipinski definition) is 0. The van der Waals surface area contributed by atoms with Crippen LogP contribution < -0.4 is 0 Å². The molecule has 4 rings (SSSR count). The van der Waals surface area contributed by atoms with Crippen molar-refractivity contribution in [3.05, 3.63) is 65.0 Å². The van der Waals surface area contributed by atoms with Crippen LogP contribution in [0.25, 0.3) is 11.5 Å². The summed E-state index contributed by atoms with van der Waals surface area (Å²) in [4.78, 5) is 12.4. The Morgan fingerprint density at radius 2 is 1.82 bits per heavy atom. The van der Waals surface area contributed by atoms with Gasteiger partial charge in [-0.1, -0.05) is 29.8 Å². The third-order valence-corrected chi connectivity index (χ3v) is 7.30. The van der Waals surface area contributed by atoms with E-state index in [0.29, 0.717) is 5.89 Å². The number of aromatic nitrogens is 2. The SMILES string of the molecule is C[C@@H]1CN(S(=O)(=O)c2cc(C(=O)OCc3nnc(-c4ccccc4)o3)ccc2Cl)C[C@@H](C)O1. The van der Waals surface area contributed by atoms with Crippen LogP contribution in [0.15, 0.2) is 57.8 Å². The molecule has 174 valence electrons. The molecule has 0 unspecified atom stereocenters. The minimum Gasteiger partial charge on any atom is -0.452 e. The Labute approximate surface area is 196 Å². The molecule has 0 N–H and O–H groups in total. The normalized spacial score (nSPS) is 19.4. The van der Waals surface area contributed by atoms with E-state index >= 15 is 0 Å². The van der Waals surface area contributed by atoms with Gasteiger partial charge < -0.3 is 13.9 Å². The molecule has 11 heteroatoms. The van der Waals surface area contributed by atoms with E-state index in [-0.39, 0.29) is 53.3 Å². The van der Waals surface area contributed by atoms with Crippen molar-refractivity contribution in [2.24, 2.45) is 0 Å². The lowest BCUT2D eigenvalue weighted by atomic mass is 10.2. The summed E-state index contributed by atoms with van der Waals surface area (Å²) >= 11 is 6.19. The molecule has 2 aromatic carbocycles. The van der Waals surface area contributed by atoms with Gasteiger partial charge in [-0.25, -0.2) is 13.2 Å². The Morgan fingerprint density at radius 1 is 1.12 bits per heavy atom. The zero-order valence-electron chi connectivity index (χ0n) is 18.0. The maximum Gasteiger partial charge on any atom is 0.338 e. The first-order valence-electron chi connectivity index (χ1n) is 10.2. The van der Waals surface area contributed by atoms with Crippen molar-refractivity contribution in [3.8, 4) is 11.5 Å². The van der Waals surface area contributed by atoms with Crippen molar-refractivity contribution in [3.63, 3.8) is 0 Å². The van der Waals surface area contributed by atoms with Gasteiger partial charge in [0.05, 0.1) is 22.8 Å². The van der Waals surface area contributed by atoms with Gasteiger partial charge in [-0.2, -0.15) is 4.31 Å². The molecule has 0 spiro atoms. The summed E-state index contributed by atoms with van der Waals surface area (Å²) in [6, 6.07) is 13.1. The third kappa shape index (κ3) is 5.25. The van der Waals surface area contributed by atoms with Crippen LogP contribution in [0.5, 0.6) is 0 Å². The molecule has 0 amide bonds.